The molecule has 0 N–H and O–H groups in total. The number of halogens is 9. The predicted octanol–water partition coefficient (Wildman–Crippen LogP) is 34.1. The fourth-order valence-corrected chi connectivity index (χ4v) is 12.1. The van der Waals surface area contributed by atoms with Gasteiger partial charge in [-0.2, -0.15) is 11.8 Å². The van der Waals surface area contributed by atoms with Gasteiger partial charge in [0.1, 0.15) is 42.9 Å². The number of carbonyl (C=O) groups excluding carboxylic acids is 6. The third kappa shape index (κ3) is 158. The first kappa shape index (κ1) is 170. The molecule has 3 aromatic carbocycles. The van der Waals surface area contributed by atoms with E-state index in [9.17, 15) is 28.8 Å². The molecule has 0 radical (unpaired) electrons. The Morgan fingerprint density at radius 2 is 0.760 bits per heavy atom. The molecule has 1 aliphatic rings. The third-order valence-corrected chi connectivity index (χ3v) is 23.5. The quantitative estimate of drug-likeness (QED) is 0.00973. The number of thiocarbonyl (C=S) groups is 1. The molecule has 1 fully saturated rings. The van der Waals surface area contributed by atoms with Gasteiger partial charge < -0.3 is 76.0 Å². The summed E-state index contributed by atoms with van der Waals surface area (Å²) in [5.74, 6) is 7.72. The van der Waals surface area contributed by atoms with Crippen LogP contribution < -0.4 is 4.74 Å². The summed E-state index contributed by atoms with van der Waals surface area (Å²) in [6, 6.07) is 30.2. The van der Waals surface area contributed by atoms with Crippen molar-refractivity contribution in [3.8, 4) is 5.75 Å². The maximum atomic E-state index is 11.1. The van der Waals surface area contributed by atoms with Gasteiger partial charge in [-0.3, -0.25) is 24.0 Å². The van der Waals surface area contributed by atoms with Crippen molar-refractivity contribution >= 4 is 185 Å². The lowest BCUT2D eigenvalue weighted by Gasteiger charge is -2.25. The van der Waals surface area contributed by atoms with Crippen LogP contribution in [0.3, 0.4) is 0 Å². The molecule has 890 valence electrons. The van der Waals surface area contributed by atoms with Gasteiger partial charge in [0.2, 0.25) is 11.4 Å². The molecule has 1 aliphatic heterocycles. The fourth-order valence-electron chi connectivity index (χ4n) is 9.33. The lowest BCUT2D eigenvalue weighted by molar-refractivity contribution is -0.158. The Balaban J connectivity index is -0.000000154. The Morgan fingerprint density at radius 1 is 0.407 bits per heavy atom. The Hall–Kier alpha value is -2.40. The molecule has 34 heteroatoms. The molecule has 0 amide bonds. The Labute approximate surface area is 975 Å². The van der Waals surface area contributed by atoms with Crippen molar-refractivity contribution in [2.24, 2.45) is 88.8 Å². The van der Waals surface area contributed by atoms with E-state index in [4.69, 9.17) is 173 Å². The van der Waals surface area contributed by atoms with E-state index in [1.165, 1.54) is 49.1 Å². The molecular formula is C116H218Cl9NO20S2Si2. The van der Waals surface area contributed by atoms with E-state index in [1.807, 2.05) is 207 Å². The highest BCUT2D eigenvalue weighted by molar-refractivity contribution is 7.98. The zero-order chi connectivity index (χ0) is 119. The van der Waals surface area contributed by atoms with Crippen LogP contribution in [0.15, 0.2) is 84.9 Å². The van der Waals surface area contributed by atoms with E-state index in [1.54, 1.807) is 35.2 Å². The molecule has 1 heterocycles. The summed E-state index contributed by atoms with van der Waals surface area (Å²) in [5.41, 5.74) is 3.11. The first-order chi connectivity index (χ1) is 68.6. The zero-order valence-corrected chi connectivity index (χ0v) is 113. The van der Waals surface area contributed by atoms with Crippen LogP contribution >= 0.6 is 128 Å². The van der Waals surface area contributed by atoms with E-state index in [2.05, 4.69) is 178 Å². The smallest absolute Gasteiger partial charge is 0.308 e. The second-order valence-electron chi connectivity index (χ2n) is 45.2. The van der Waals surface area contributed by atoms with Crippen LogP contribution in [0.25, 0.3) is 0 Å². The standard InChI is InChI=1S/C12H18O2.C11H14O2.C11H16O.C9H20O2Si.C9H22OSi.C8H16O2.C8H14O2.C8H16O.C6H9Cl3O2.2C6H11Cl3O.C6H13NS.C6H14O2.C5H12O.C5H12S/c1-10(2)8-14-9-11-4-6-12(13-3)7-5-11;1-9(2)11(12)13-8-10-6-4-3-5-7-10;1-10(2)8-12-9-11-6-4-3-5-7-11;1-8(2)9(10)11-6-7-12(3,4)5;1-9(2)8-10-6-7-11(3,4)5;1-6(2)7(9)10-8(3,4)5;1-6(2)8(10)5-4-7(3)9;1-7(2)8-5-3-4-6-9-8;1-4(2)5(10)11-3-6(7,8)9;2*1-5(2)3-10-4-6(7,8)9;1-5(2)6(8)7(3)4;1-6(2)4-8-5-7-3;2*1-5(2)4-6-3/h4-7,10H,8-9H2,1-3H3;3-7,9H,8H2,1-2H3;3-7,10H,8-9H2,1-2H3;8H,6-7H2,1-5H3;9H,6-8H2,1-5H3;6H,1-5H3;6H,4-5H2,1-3H3;7-8H,3-6H2,1-2H3;4H,3H2,1-2H3;2*5H,3-4H2,1-2H3;5H,1-4H3;6H,4-5H2,1-3H3;2*5H,4H2,1-3H3. The first-order valence-electron chi connectivity index (χ1n) is 53.1. The number of nitrogens with zero attached hydrogens (tertiary/aromatic N) is 1. The van der Waals surface area contributed by atoms with Crippen LogP contribution in [-0.4, -0.2) is 225 Å². The number of benzene rings is 3. The van der Waals surface area contributed by atoms with Crippen molar-refractivity contribution in [1.82, 2.24) is 4.90 Å². The SMILES string of the molecule is CC(=O)CCC(=O)C(C)C.CC(C)C(=O)OC(C)(C)C.CC(C)C(=O)OCC(Cl)(Cl)Cl.CC(C)C(=O)OCC[Si](C)(C)C.CC(C)C(=O)OCc1ccccc1.CC(C)C(=S)N(C)C.CC(C)C1CCCCO1.CC(C)COCC(Cl)(Cl)Cl.CC(C)COCC(Cl)(Cl)Cl.CC(C)COCC[Si](C)(C)C.CC(C)COCc1ccccc1.COCC(C)C.COCOCC(C)C.COc1ccc(COCC(C)C)cc1.CSCC(C)C. The molecule has 1 atom stereocenters. The molecule has 0 saturated carbocycles. The Bertz CT molecular complexity index is 3490. The number of Topliss-reactive ketones (excluding diaryl/α,β-unsaturated/α-hetero) is 2. The predicted molar refractivity (Wildman–Crippen MR) is 658 cm³/mol. The van der Waals surface area contributed by atoms with E-state index in [0.717, 1.165) is 81.1 Å². The Kier molecular flexibility index (Phi) is 120. The number of ketones is 2. The molecule has 4 rings (SSSR count). The highest BCUT2D eigenvalue weighted by Crippen LogP contribution is 2.29. The molecule has 150 heavy (non-hydrogen) atoms. The molecule has 21 nitrogen and oxygen atoms in total. The Morgan fingerprint density at radius 3 is 1.02 bits per heavy atom. The lowest BCUT2D eigenvalue weighted by atomic mass is 9.99. The molecule has 0 aliphatic carbocycles. The summed E-state index contributed by atoms with van der Waals surface area (Å²) < 4.78 is 67.5. The van der Waals surface area contributed by atoms with Gasteiger partial charge in [-0.25, -0.2) is 0 Å². The van der Waals surface area contributed by atoms with Gasteiger partial charge in [-0.15, -0.1) is 0 Å². The van der Waals surface area contributed by atoms with Crippen molar-refractivity contribution in [1.29, 1.82) is 0 Å². The molecule has 0 spiro atoms. The van der Waals surface area contributed by atoms with E-state index in [0.29, 0.717) is 112 Å². The number of esters is 4. The largest absolute Gasteiger partial charge is 0.497 e. The summed E-state index contributed by atoms with van der Waals surface area (Å²) in [4.78, 5) is 68.1. The van der Waals surface area contributed by atoms with Crippen LogP contribution in [0.5, 0.6) is 5.75 Å². The van der Waals surface area contributed by atoms with E-state index < -0.39 is 27.5 Å². The maximum absolute atomic E-state index is 11.1. The summed E-state index contributed by atoms with van der Waals surface area (Å²) in [6.07, 6.45) is 7.41. The van der Waals surface area contributed by atoms with Crippen LogP contribution in [0.1, 0.15) is 284 Å². The van der Waals surface area contributed by atoms with Gasteiger partial charge in [0.05, 0.1) is 81.5 Å². The number of hydrogen-bond acceptors (Lipinski definition) is 22. The van der Waals surface area contributed by atoms with Gasteiger partial charge >= 0.3 is 23.9 Å². The monoisotopic (exact) mass is 2380 g/mol. The van der Waals surface area contributed by atoms with Gasteiger partial charge in [0.25, 0.3) is 0 Å². The summed E-state index contributed by atoms with van der Waals surface area (Å²) in [6.45, 7) is 92.4. The topological polar surface area (TPSA) is 235 Å². The normalized spacial score (nSPS) is 12.2. The van der Waals surface area contributed by atoms with Crippen molar-refractivity contribution in [3.05, 3.63) is 102 Å². The number of alkyl halides is 9. The third-order valence-electron chi connectivity index (χ3n) is 17.2. The second-order valence-corrected chi connectivity index (χ2v) is 65.3. The average Bonchev–Trinajstić information content (AvgIpc) is 0.908. The highest BCUT2D eigenvalue weighted by Gasteiger charge is 2.25. The van der Waals surface area contributed by atoms with Crippen molar-refractivity contribution in [2.45, 2.75) is 362 Å². The number of hydrogen-bond donors (Lipinski definition) is 0. The van der Waals surface area contributed by atoms with Crippen LogP contribution in [0, 0.1) is 88.8 Å². The number of methoxy groups -OCH3 is 3. The number of carbonyl (C=O) groups is 6. The van der Waals surface area contributed by atoms with Crippen molar-refractivity contribution in [2.75, 3.05) is 140 Å². The summed E-state index contributed by atoms with van der Waals surface area (Å²) in [5, 5.41) is 0. The summed E-state index contributed by atoms with van der Waals surface area (Å²) >= 11 is 55.5. The van der Waals surface area contributed by atoms with Crippen LogP contribution in [-0.2, 0) is 110 Å². The molecule has 1 unspecified atom stereocenters. The molecular weight excluding hydrogens is 2170 g/mol. The van der Waals surface area contributed by atoms with Crippen molar-refractivity contribution < 1.29 is 95.1 Å². The van der Waals surface area contributed by atoms with Gasteiger partial charge in [-0.05, 0) is 153 Å². The number of rotatable bonds is 44. The fraction of sp³-hybridized carbons (Fsp3) is 0.784. The minimum atomic E-state index is -1.51. The molecule has 0 bridgehead atoms. The van der Waals surface area contributed by atoms with Gasteiger partial charge in [0.15, 0.2) is 0 Å². The minimum absolute atomic E-state index is 0.00614. The maximum Gasteiger partial charge on any atom is 0.308 e. The molecule has 1 saturated heterocycles. The average molecular weight is 2390 g/mol. The lowest BCUT2D eigenvalue weighted by Crippen LogP contribution is -2.26. The van der Waals surface area contributed by atoms with E-state index >= 15 is 0 Å². The highest BCUT2D eigenvalue weighted by atomic mass is 35.6. The zero-order valence-electron chi connectivity index (χ0n) is 102. The van der Waals surface area contributed by atoms with E-state index in [-0.39, 0.29) is 90.5 Å². The van der Waals surface area contributed by atoms with Crippen LogP contribution in [0.2, 0.25) is 51.4 Å². The van der Waals surface area contributed by atoms with Crippen LogP contribution in [0.4, 0.5) is 0 Å². The number of thioether (sulfide) groups is 1. The van der Waals surface area contributed by atoms with Gasteiger partial charge in [0, 0.05) is 122 Å². The molecule has 3 aromatic rings. The minimum Gasteiger partial charge on any atom is -0.497 e. The molecule has 0 aromatic heterocycles. The summed E-state index contributed by atoms with van der Waals surface area (Å²) in [7, 11) is 7.08. The second kappa shape index (κ2) is 106. The number of ether oxygens (including phenoxy) is 14. The first-order valence-corrected chi connectivity index (χ1v) is 65.7. The van der Waals surface area contributed by atoms with Crippen molar-refractivity contribution in [3.63, 3.8) is 0 Å². The van der Waals surface area contributed by atoms with Gasteiger partial charge in [-0.1, -0.05) is 436 Å².